The van der Waals surface area contributed by atoms with Gasteiger partial charge in [-0.05, 0) is 52.6 Å². The lowest BCUT2D eigenvalue weighted by Crippen LogP contribution is -2.38. The van der Waals surface area contributed by atoms with E-state index in [1.165, 1.54) is 0 Å². The Morgan fingerprint density at radius 3 is 2.31 bits per heavy atom. The number of benzene rings is 2. The van der Waals surface area contributed by atoms with Crippen molar-refractivity contribution in [2.24, 2.45) is 5.73 Å². The van der Waals surface area contributed by atoms with E-state index in [0.717, 1.165) is 44.5 Å². The van der Waals surface area contributed by atoms with Crippen LogP contribution in [0.1, 0.15) is 24.2 Å². The number of nitrogens with two attached hydrogens (primary N) is 1. The molecule has 1 saturated heterocycles. The van der Waals surface area contributed by atoms with Gasteiger partial charge in [-0.1, -0.05) is 24.3 Å². The van der Waals surface area contributed by atoms with Crippen LogP contribution in [-0.2, 0) is 13.1 Å². The molecule has 1 fully saturated rings. The minimum absolute atomic E-state index is 0.0572. The van der Waals surface area contributed by atoms with Crippen molar-refractivity contribution in [2.75, 3.05) is 13.1 Å². The number of fused-ring (bicyclic) bond motifs is 1. The Morgan fingerprint density at radius 1 is 0.906 bits per heavy atom. The molecule has 2 N–H and O–H groups in total. The summed E-state index contributed by atoms with van der Waals surface area (Å²) in [5, 5.41) is 1.01. The monoisotopic (exact) mass is 433 g/mol. The average molecular weight is 434 g/mol. The van der Waals surface area contributed by atoms with E-state index in [0.29, 0.717) is 26.2 Å². The van der Waals surface area contributed by atoms with Gasteiger partial charge in [0.2, 0.25) is 0 Å². The maximum atomic E-state index is 13.4. The first-order valence-corrected chi connectivity index (χ1v) is 10.9. The van der Waals surface area contributed by atoms with E-state index in [-0.39, 0.29) is 12.8 Å². The van der Waals surface area contributed by atoms with Crippen LogP contribution in [0.15, 0.2) is 71.4 Å². The Labute approximate surface area is 185 Å². The first kappa shape index (κ1) is 20.8. The van der Waals surface area contributed by atoms with Gasteiger partial charge in [-0.2, -0.15) is 0 Å². The number of furan rings is 1. The van der Waals surface area contributed by atoms with Crippen molar-refractivity contribution in [2.45, 2.75) is 31.9 Å². The molecule has 0 bridgehead atoms. The van der Waals surface area contributed by atoms with Gasteiger partial charge in [-0.3, -0.25) is 9.88 Å². The molecule has 0 unspecified atom stereocenters. The normalized spacial score (nSPS) is 16.5. The number of rotatable bonds is 5. The number of hydrogen-bond acceptors (Lipinski definition) is 4. The van der Waals surface area contributed by atoms with E-state index in [2.05, 4.69) is 46.3 Å². The van der Waals surface area contributed by atoms with Gasteiger partial charge in [-0.25, -0.2) is 8.78 Å². The lowest BCUT2D eigenvalue weighted by Gasteiger charge is -2.31. The fourth-order valence-electron chi connectivity index (χ4n) is 4.32. The van der Waals surface area contributed by atoms with Crippen molar-refractivity contribution < 1.29 is 13.2 Å². The van der Waals surface area contributed by atoms with Crippen LogP contribution in [0.2, 0.25) is 0 Å². The molecule has 4 nitrogen and oxygen atoms in total. The van der Waals surface area contributed by atoms with E-state index in [1.54, 1.807) is 12.4 Å². The summed E-state index contributed by atoms with van der Waals surface area (Å²) < 4.78 is 32.8. The predicted molar refractivity (Wildman–Crippen MR) is 122 cm³/mol. The van der Waals surface area contributed by atoms with Gasteiger partial charge in [0, 0.05) is 55.8 Å². The van der Waals surface area contributed by atoms with E-state index in [4.69, 9.17) is 10.2 Å². The smallest absolute Gasteiger partial charge is 0.250 e. The molecule has 32 heavy (non-hydrogen) atoms. The van der Waals surface area contributed by atoms with Gasteiger partial charge in [-0.15, -0.1) is 0 Å². The number of pyridine rings is 1. The summed E-state index contributed by atoms with van der Waals surface area (Å²) >= 11 is 0. The van der Waals surface area contributed by atoms with Crippen LogP contribution in [0.5, 0.6) is 0 Å². The van der Waals surface area contributed by atoms with Crippen molar-refractivity contribution in [1.82, 2.24) is 9.88 Å². The van der Waals surface area contributed by atoms with Gasteiger partial charge >= 0.3 is 0 Å². The number of halogens is 2. The molecule has 1 aliphatic rings. The summed E-state index contributed by atoms with van der Waals surface area (Å²) in [4.78, 5) is 6.22. The molecular weight excluding hydrogens is 408 g/mol. The Kier molecular flexibility index (Phi) is 5.49. The van der Waals surface area contributed by atoms with Gasteiger partial charge in [0.15, 0.2) is 0 Å². The molecule has 0 amide bonds. The summed E-state index contributed by atoms with van der Waals surface area (Å²) in [6.45, 7) is 1.91. The fourth-order valence-corrected chi connectivity index (χ4v) is 4.32. The number of alkyl halides is 2. The Bertz CT molecular complexity index is 1210. The zero-order chi connectivity index (χ0) is 22.1. The quantitative estimate of drug-likeness (QED) is 0.429. The standard InChI is InChI=1S/C26H25F2N3O/c27-26(28)7-11-31(12-8-26)17-18-1-3-19(4-2-18)21-13-22-14-23(16-29)32-25(22)24(15-21)20-5-9-30-10-6-20/h1-6,9-10,13-15H,7-8,11-12,16-17,29H2. The highest BCUT2D eigenvalue weighted by atomic mass is 19.3. The number of hydrogen-bond donors (Lipinski definition) is 1. The second-order valence-corrected chi connectivity index (χ2v) is 8.42. The molecule has 0 spiro atoms. The highest BCUT2D eigenvalue weighted by molar-refractivity contribution is 5.96. The van der Waals surface area contributed by atoms with Gasteiger partial charge in [0.05, 0.1) is 6.54 Å². The van der Waals surface area contributed by atoms with Gasteiger partial charge < -0.3 is 10.2 Å². The third-order valence-electron chi connectivity index (χ3n) is 6.14. The third kappa shape index (κ3) is 4.29. The average Bonchev–Trinajstić information content (AvgIpc) is 3.24. The van der Waals surface area contributed by atoms with E-state index in [1.807, 2.05) is 18.2 Å². The Morgan fingerprint density at radius 2 is 1.62 bits per heavy atom. The molecule has 3 heterocycles. The van der Waals surface area contributed by atoms with Crippen LogP contribution in [0, 0.1) is 0 Å². The van der Waals surface area contributed by atoms with E-state index in [9.17, 15) is 8.78 Å². The van der Waals surface area contributed by atoms with Crippen LogP contribution in [0.4, 0.5) is 8.78 Å². The molecule has 1 aliphatic heterocycles. The molecule has 5 rings (SSSR count). The molecule has 2 aromatic heterocycles. The van der Waals surface area contributed by atoms with Crippen molar-refractivity contribution in [3.05, 3.63) is 78.3 Å². The van der Waals surface area contributed by atoms with Crippen molar-refractivity contribution in [1.29, 1.82) is 0 Å². The predicted octanol–water partition coefficient (Wildman–Crippen LogP) is 5.85. The molecule has 4 aromatic rings. The van der Waals surface area contributed by atoms with E-state index < -0.39 is 5.92 Å². The molecule has 2 aromatic carbocycles. The molecule has 6 heteroatoms. The Hall–Kier alpha value is -3.09. The zero-order valence-corrected chi connectivity index (χ0v) is 17.7. The van der Waals surface area contributed by atoms with Crippen molar-refractivity contribution >= 4 is 11.0 Å². The van der Waals surface area contributed by atoms with Gasteiger partial charge in [0.25, 0.3) is 5.92 Å². The number of piperidine rings is 1. The highest BCUT2D eigenvalue weighted by Crippen LogP contribution is 2.36. The van der Waals surface area contributed by atoms with Crippen LogP contribution >= 0.6 is 0 Å². The lowest BCUT2D eigenvalue weighted by molar-refractivity contribution is -0.0566. The van der Waals surface area contributed by atoms with Crippen LogP contribution in [0.25, 0.3) is 33.2 Å². The molecule has 0 aliphatic carbocycles. The molecule has 0 saturated carbocycles. The topological polar surface area (TPSA) is 55.3 Å². The fraction of sp³-hybridized carbons (Fsp3) is 0.269. The summed E-state index contributed by atoms with van der Waals surface area (Å²) in [5.41, 5.74) is 12.0. The van der Waals surface area contributed by atoms with Crippen LogP contribution in [0.3, 0.4) is 0 Å². The van der Waals surface area contributed by atoms with Gasteiger partial charge in [0.1, 0.15) is 11.3 Å². The minimum atomic E-state index is -2.51. The number of nitrogens with zero attached hydrogens (tertiary/aromatic N) is 2. The van der Waals surface area contributed by atoms with E-state index >= 15 is 0 Å². The third-order valence-corrected chi connectivity index (χ3v) is 6.14. The second-order valence-electron chi connectivity index (χ2n) is 8.42. The zero-order valence-electron chi connectivity index (χ0n) is 17.7. The molecular formula is C26H25F2N3O. The first-order chi connectivity index (χ1) is 15.5. The number of likely N-dealkylation sites (tertiary alicyclic amines) is 1. The summed E-state index contributed by atoms with van der Waals surface area (Å²) in [6, 6.07) is 18.5. The maximum absolute atomic E-state index is 13.4. The molecule has 164 valence electrons. The molecule has 0 radical (unpaired) electrons. The van der Waals surface area contributed by atoms with Crippen LogP contribution in [-0.4, -0.2) is 28.9 Å². The largest absolute Gasteiger partial charge is 0.459 e. The summed E-state index contributed by atoms with van der Waals surface area (Å²) in [6.07, 6.45) is 3.43. The Balaban J connectivity index is 1.44. The lowest BCUT2D eigenvalue weighted by atomic mass is 9.96. The summed E-state index contributed by atoms with van der Waals surface area (Å²) in [7, 11) is 0. The second kappa shape index (κ2) is 8.45. The summed E-state index contributed by atoms with van der Waals surface area (Å²) in [5.74, 6) is -1.77. The SMILES string of the molecule is NCc1cc2cc(-c3ccc(CN4CCC(F)(F)CC4)cc3)cc(-c3ccncc3)c2o1. The van der Waals surface area contributed by atoms with Crippen molar-refractivity contribution in [3.63, 3.8) is 0 Å². The first-order valence-electron chi connectivity index (χ1n) is 10.9. The maximum Gasteiger partial charge on any atom is 0.250 e. The highest BCUT2D eigenvalue weighted by Gasteiger charge is 2.33. The number of aromatic nitrogens is 1. The van der Waals surface area contributed by atoms with Crippen LogP contribution < -0.4 is 5.73 Å². The van der Waals surface area contributed by atoms with Crippen molar-refractivity contribution in [3.8, 4) is 22.3 Å². The minimum Gasteiger partial charge on any atom is -0.459 e. The molecule has 0 atom stereocenters.